The van der Waals surface area contributed by atoms with Crippen molar-refractivity contribution in [1.29, 1.82) is 0 Å². The number of alkyl halides is 3. The molecule has 0 radical (unpaired) electrons. The number of thioether (sulfide) groups is 1. The molecule has 9 heteroatoms. The van der Waals surface area contributed by atoms with Crippen LogP contribution in [0.5, 0.6) is 0 Å². The van der Waals surface area contributed by atoms with E-state index < -0.39 is 11.9 Å². The van der Waals surface area contributed by atoms with Crippen LogP contribution < -0.4 is 0 Å². The number of hydrogen-bond donors (Lipinski definition) is 0. The molecule has 0 aromatic carbocycles. The first kappa shape index (κ1) is 16.5. The van der Waals surface area contributed by atoms with Gasteiger partial charge in [-0.1, -0.05) is 11.8 Å². The van der Waals surface area contributed by atoms with Crippen molar-refractivity contribution < 1.29 is 22.7 Å². The molecule has 0 N–H and O–H groups in total. The van der Waals surface area contributed by atoms with Crippen LogP contribution in [0.15, 0.2) is 17.2 Å². The molecule has 0 saturated carbocycles. The zero-order valence-corrected chi connectivity index (χ0v) is 13.1. The highest BCUT2D eigenvalue weighted by Gasteiger charge is 2.37. The van der Waals surface area contributed by atoms with Gasteiger partial charge in [-0.15, -0.1) is 10.2 Å². The maximum absolute atomic E-state index is 12.5. The number of aromatic nitrogens is 2. The lowest BCUT2D eigenvalue weighted by atomic mass is 10.1. The van der Waals surface area contributed by atoms with Crippen LogP contribution in [0.25, 0.3) is 0 Å². The number of carbonyl (C=O) groups excluding carboxylic acids is 1. The molecule has 1 aromatic heterocycles. The van der Waals surface area contributed by atoms with E-state index in [0.29, 0.717) is 31.2 Å². The Morgan fingerprint density at radius 3 is 2.52 bits per heavy atom. The van der Waals surface area contributed by atoms with Gasteiger partial charge in [-0.3, -0.25) is 4.79 Å². The number of nitrogens with zero attached hydrogens (tertiary/aromatic N) is 3. The predicted molar refractivity (Wildman–Crippen MR) is 76.9 cm³/mol. The van der Waals surface area contributed by atoms with Crippen molar-refractivity contribution in [2.75, 3.05) is 19.8 Å². The quantitative estimate of drug-likeness (QED) is 0.840. The Hall–Kier alpha value is -1.35. The van der Waals surface area contributed by atoms with E-state index in [4.69, 9.17) is 4.74 Å². The number of halogens is 3. The van der Waals surface area contributed by atoms with E-state index in [1.807, 2.05) is 4.90 Å². The summed E-state index contributed by atoms with van der Waals surface area (Å²) in [7, 11) is 0. The molecule has 2 saturated heterocycles. The summed E-state index contributed by atoms with van der Waals surface area (Å²) in [4.78, 5) is 14.3. The first-order valence-electron chi connectivity index (χ1n) is 7.41. The first-order chi connectivity index (χ1) is 10.9. The Balaban J connectivity index is 1.61. The van der Waals surface area contributed by atoms with Crippen LogP contribution in [0.3, 0.4) is 0 Å². The zero-order chi connectivity index (χ0) is 16.4. The van der Waals surface area contributed by atoms with Crippen molar-refractivity contribution in [3.63, 3.8) is 0 Å². The van der Waals surface area contributed by atoms with E-state index in [9.17, 15) is 18.0 Å². The number of hydrogen-bond acceptors (Lipinski definition) is 5. The SMILES string of the molecule is O=C1[C@@H](Sc2ccc(C(F)(F)F)nn2)CCN1C1CCOCC1. The summed E-state index contributed by atoms with van der Waals surface area (Å²) in [5, 5.41) is 6.81. The minimum atomic E-state index is -4.50. The second kappa shape index (κ2) is 6.64. The summed E-state index contributed by atoms with van der Waals surface area (Å²) in [5.41, 5.74) is -1.02. The van der Waals surface area contributed by atoms with Gasteiger partial charge in [0.05, 0.1) is 5.25 Å². The summed E-state index contributed by atoms with van der Waals surface area (Å²) >= 11 is 1.18. The zero-order valence-electron chi connectivity index (χ0n) is 12.3. The van der Waals surface area contributed by atoms with Gasteiger partial charge in [0.1, 0.15) is 5.03 Å². The van der Waals surface area contributed by atoms with E-state index in [2.05, 4.69) is 10.2 Å². The highest BCUT2D eigenvalue weighted by Crippen LogP contribution is 2.33. The number of amides is 1. The molecule has 3 heterocycles. The molecule has 2 aliphatic rings. The highest BCUT2D eigenvalue weighted by molar-refractivity contribution is 8.00. The van der Waals surface area contributed by atoms with Gasteiger partial charge >= 0.3 is 6.18 Å². The lowest BCUT2D eigenvalue weighted by Crippen LogP contribution is -2.41. The van der Waals surface area contributed by atoms with Crippen LogP contribution in [-0.4, -0.2) is 52.1 Å². The number of likely N-dealkylation sites (tertiary alicyclic amines) is 1. The van der Waals surface area contributed by atoms with Gasteiger partial charge in [0.2, 0.25) is 5.91 Å². The van der Waals surface area contributed by atoms with Crippen molar-refractivity contribution in [1.82, 2.24) is 15.1 Å². The summed E-state index contributed by atoms with van der Waals surface area (Å²) in [6, 6.07) is 2.37. The van der Waals surface area contributed by atoms with Gasteiger partial charge in [-0.2, -0.15) is 13.2 Å². The third-order valence-corrected chi connectivity index (χ3v) is 5.20. The van der Waals surface area contributed by atoms with Crippen molar-refractivity contribution in [3.8, 4) is 0 Å². The lowest BCUT2D eigenvalue weighted by Gasteiger charge is -2.31. The average Bonchev–Trinajstić information content (AvgIpc) is 2.89. The summed E-state index contributed by atoms with van der Waals surface area (Å²) < 4.78 is 42.7. The third-order valence-electron chi connectivity index (χ3n) is 4.02. The van der Waals surface area contributed by atoms with E-state index in [1.54, 1.807) is 0 Å². The molecule has 23 heavy (non-hydrogen) atoms. The summed E-state index contributed by atoms with van der Waals surface area (Å²) in [6.07, 6.45) is -2.16. The topological polar surface area (TPSA) is 55.3 Å². The van der Waals surface area contributed by atoms with Crippen LogP contribution in [0.2, 0.25) is 0 Å². The molecule has 0 bridgehead atoms. The maximum atomic E-state index is 12.5. The van der Waals surface area contributed by atoms with Crippen molar-refractivity contribution in [3.05, 3.63) is 17.8 Å². The summed E-state index contributed by atoms with van der Waals surface area (Å²) in [5.74, 6) is 0.0311. The molecular formula is C14H16F3N3O2S. The molecule has 1 aromatic rings. The highest BCUT2D eigenvalue weighted by atomic mass is 32.2. The molecule has 2 aliphatic heterocycles. The Kier molecular flexibility index (Phi) is 4.77. The Morgan fingerprint density at radius 2 is 1.91 bits per heavy atom. The van der Waals surface area contributed by atoms with Gasteiger partial charge in [-0.25, -0.2) is 0 Å². The van der Waals surface area contributed by atoms with Crippen LogP contribution in [0.4, 0.5) is 13.2 Å². The summed E-state index contributed by atoms with van der Waals surface area (Å²) in [6.45, 7) is 2.00. The average molecular weight is 347 g/mol. The number of carbonyl (C=O) groups is 1. The van der Waals surface area contributed by atoms with Crippen LogP contribution in [-0.2, 0) is 15.7 Å². The molecule has 126 valence electrons. The van der Waals surface area contributed by atoms with Crippen LogP contribution >= 0.6 is 11.8 Å². The van der Waals surface area contributed by atoms with Gasteiger partial charge in [0.15, 0.2) is 5.69 Å². The maximum Gasteiger partial charge on any atom is 0.435 e. The molecule has 5 nitrogen and oxygen atoms in total. The van der Waals surface area contributed by atoms with Crippen molar-refractivity contribution in [2.45, 2.75) is 41.8 Å². The minimum absolute atomic E-state index is 0.0311. The van der Waals surface area contributed by atoms with Crippen LogP contribution in [0.1, 0.15) is 25.0 Å². The molecular weight excluding hydrogens is 331 g/mol. The molecule has 0 spiro atoms. The molecule has 0 aliphatic carbocycles. The van der Waals surface area contributed by atoms with Gasteiger partial charge in [-0.05, 0) is 31.4 Å². The third kappa shape index (κ3) is 3.77. The molecule has 1 atom stereocenters. The van der Waals surface area contributed by atoms with Gasteiger partial charge < -0.3 is 9.64 Å². The smallest absolute Gasteiger partial charge is 0.381 e. The monoisotopic (exact) mass is 347 g/mol. The van der Waals surface area contributed by atoms with Crippen LogP contribution in [0, 0.1) is 0 Å². The lowest BCUT2D eigenvalue weighted by molar-refractivity contribution is -0.141. The predicted octanol–water partition coefficient (Wildman–Crippen LogP) is 2.37. The largest absolute Gasteiger partial charge is 0.435 e. The van der Waals surface area contributed by atoms with Gasteiger partial charge in [0, 0.05) is 25.8 Å². The minimum Gasteiger partial charge on any atom is -0.381 e. The fourth-order valence-corrected chi connectivity index (χ4v) is 3.81. The molecule has 1 amide bonds. The number of ether oxygens (including phenoxy) is 1. The Morgan fingerprint density at radius 1 is 1.17 bits per heavy atom. The first-order valence-corrected chi connectivity index (χ1v) is 8.29. The Bertz CT molecular complexity index is 561. The fraction of sp³-hybridized carbons (Fsp3) is 0.643. The van der Waals surface area contributed by atoms with Crippen molar-refractivity contribution >= 4 is 17.7 Å². The second-order valence-corrected chi connectivity index (χ2v) is 6.75. The molecule has 3 rings (SSSR count). The van der Waals surface area contributed by atoms with E-state index in [0.717, 1.165) is 18.9 Å². The van der Waals surface area contributed by atoms with E-state index in [1.165, 1.54) is 17.8 Å². The standard InChI is InChI=1S/C14H16F3N3O2S/c15-14(16,17)11-1-2-12(19-18-11)23-10-3-6-20(13(10)21)9-4-7-22-8-5-9/h1-2,9-10H,3-8H2/t10-/m0/s1. The van der Waals surface area contributed by atoms with Crippen molar-refractivity contribution in [2.24, 2.45) is 0 Å². The van der Waals surface area contributed by atoms with E-state index in [-0.39, 0.29) is 17.2 Å². The molecule has 0 unspecified atom stereocenters. The second-order valence-electron chi connectivity index (χ2n) is 5.52. The normalized spacial score (nSPS) is 23.5. The number of rotatable bonds is 3. The Labute approximate surface area is 135 Å². The van der Waals surface area contributed by atoms with E-state index >= 15 is 0 Å². The molecule has 2 fully saturated rings. The fourth-order valence-electron chi connectivity index (χ4n) is 2.82. The van der Waals surface area contributed by atoms with Gasteiger partial charge in [0.25, 0.3) is 0 Å².